The first-order chi connectivity index (χ1) is 8.82. The number of nitrogens with zero attached hydrogens (tertiary/aromatic N) is 1. The summed E-state index contributed by atoms with van der Waals surface area (Å²) in [6, 6.07) is 1.94. The molecule has 0 bridgehead atoms. The van der Waals surface area contributed by atoms with Crippen LogP contribution in [0.4, 0.5) is 4.39 Å². The molecule has 4 nitrogen and oxygen atoms in total. The van der Waals surface area contributed by atoms with Crippen LogP contribution in [-0.2, 0) is 10.0 Å². The van der Waals surface area contributed by atoms with Gasteiger partial charge in [0.15, 0.2) is 0 Å². The van der Waals surface area contributed by atoms with Crippen LogP contribution in [0.25, 0.3) is 0 Å². The molecule has 0 aliphatic carbocycles. The summed E-state index contributed by atoms with van der Waals surface area (Å²) in [5.41, 5.74) is 0. The van der Waals surface area contributed by atoms with Gasteiger partial charge in [-0.15, -0.1) is 12.4 Å². The summed E-state index contributed by atoms with van der Waals surface area (Å²) in [5, 5.41) is 2.75. The second-order valence-electron chi connectivity index (χ2n) is 4.42. The number of piperazine rings is 1. The quantitative estimate of drug-likeness (QED) is 0.878. The zero-order chi connectivity index (χ0) is 14.2. The van der Waals surface area contributed by atoms with E-state index in [4.69, 9.17) is 23.2 Å². The number of hydrogen-bond acceptors (Lipinski definition) is 3. The van der Waals surface area contributed by atoms with E-state index in [-0.39, 0.29) is 33.4 Å². The van der Waals surface area contributed by atoms with Crippen molar-refractivity contribution in [3.05, 3.63) is 28.0 Å². The molecule has 1 aliphatic rings. The largest absolute Gasteiger partial charge is 0.312 e. The fraction of sp³-hybridized carbons (Fsp3) is 0.455. The zero-order valence-corrected chi connectivity index (χ0v) is 13.7. The molecule has 1 N–H and O–H groups in total. The second-order valence-corrected chi connectivity index (χ2v) is 7.11. The Morgan fingerprint density at radius 3 is 2.40 bits per heavy atom. The van der Waals surface area contributed by atoms with E-state index in [2.05, 4.69) is 5.32 Å². The second kappa shape index (κ2) is 6.77. The lowest BCUT2D eigenvalue weighted by atomic mass is 10.3. The van der Waals surface area contributed by atoms with Crippen molar-refractivity contribution in [2.75, 3.05) is 19.6 Å². The van der Waals surface area contributed by atoms with Gasteiger partial charge in [0, 0.05) is 25.7 Å². The fourth-order valence-electron chi connectivity index (χ4n) is 2.02. The molecule has 0 radical (unpaired) electrons. The number of sulfonamides is 1. The van der Waals surface area contributed by atoms with Crippen molar-refractivity contribution >= 4 is 45.6 Å². The lowest BCUT2D eigenvalue weighted by Crippen LogP contribution is -2.51. The van der Waals surface area contributed by atoms with Gasteiger partial charge in [-0.3, -0.25) is 0 Å². The van der Waals surface area contributed by atoms with Crippen molar-refractivity contribution in [2.24, 2.45) is 0 Å². The lowest BCUT2D eigenvalue weighted by Gasteiger charge is -2.31. The van der Waals surface area contributed by atoms with Crippen LogP contribution in [0.15, 0.2) is 17.0 Å². The van der Waals surface area contributed by atoms with Crippen LogP contribution < -0.4 is 5.32 Å². The highest BCUT2D eigenvalue weighted by atomic mass is 35.5. The van der Waals surface area contributed by atoms with E-state index in [1.54, 1.807) is 0 Å². The molecule has 1 saturated heterocycles. The first-order valence-electron chi connectivity index (χ1n) is 5.70. The van der Waals surface area contributed by atoms with Gasteiger partial charge in [0.1, 0.15) is 10.7 Å². The Bertz CT molecular complexity index is 574. The predicted octanol–water partition coefficient (Wildman–Crippen LogP) is 2.54. The first-order valence-corrected chi connectivity index (χ1v) is 7.90. The molecule has 1 aliphatic heterocycles. The number of hydrogen-bond donors (Lipinski definition) is 1. The van der Waals surface area contributed by atoms with Gasteiger partial charge < -0.3 is 5.32 Å². The Hall–Kier alpha value is -0.110. The highest BCUT2D eigenvalue weighted by molar-refractivity contribution is 7.89. The third-order valence-corrected chi connectivity index (χ3v) is 5.68. The van der Waals surface area contributed by atoms with E-state index in [1.807, 2.05) is 6.92 Å². The summed E-state index contributed by atoms with van der Waals surface area (Å²) in [6.07, 6.45) is 0. The molecule has 1 aromatic rings. The Morgan fingerprint density at radius 1 is 1.35 bits per heavy atom. The molecule has 9 heteroatoms. The Kier molecular flexibility index (Phi) is 6.07. The zero-order valence-electron chi connectivity index (χ0n) is 10.6. The Morgan fingerprint density at radius 2 is 1.90 bits per heavy atom. The van der Waals surface area contributed by atoms with Gasteiger partial charge >= 0.3 is 0 Å². The number of halogens is 4. The highest BCUT2D eigenvalue weighted by Crippen LogP contribution is 2.32. The van der Waals surface area contributed by atoms with Crippen molar-refractivity contribution in [3.63, 3.8) is 0 Å². The molecular weight excluding hydrogens is 350 g/mol. The third-order valence-electron chi connectivity index (χ3n) is 2.89. The van der Waals surface area contributed by atoms with Crippen LogP contribution in [0.5, 0.6) is 0 Å². The maximum atomic E-state index is 13.1. The average molecular weight is 364 g/mol. The van der Waals surface area contributed by atoms with Crippen molar-refractivity contribution in [1.29, 1.82) is 0 Å². The minimum Gasteiger partial charge on any atom is -0.312 e. The van der Waals surface area contributed by atoms with Gasteiger partial charge in [-0.25, -0.2) is 12.8 Å². The molecule has 1 atom stereocenters. The van der Waals surface area contributed by atoms with Crippen LogP contribution in [0.1, 0.15) is 6.92 Å². The van der Waals surface area contributed by atoms with Crippen LogP contribution >= 0.6 is 35.6 Å². The molecule has 0 unspecified atom stereocenters. The van der Waals surface area contributed by atoms with E-state index < -0.39 is 15.8 Å². The van der Waals surface area contributed by atoms with E-state index in [1.165, 1.54) is 4.31 Å². The molecule has 2 rings (SSSR count). The van der Waals surface area contributed by atoms with Gasteiger partial charge in [-0.1, -0.05) is 23.2 Å². The summed E-state index contributed by atoms with van der Waals surface area (Å²) in [7, 11) is -3.81. The number of rotatable bonds is 2. The summed E-state index contributed by atoms with van der Waals surface area (Å²) in [5.74, 6) is -0.664. The normalized spacial score (nSPS) is 20.5. The van der Waals surface area contributed by atoms with Gasteiger partial charge in [0.25, 0.3) is 0 Å². The highest BCUT2D eigenvalue weighted by Gasteiger charge is 2.32. The van der Waals surface area contributed by atoms with Crippen LogP contribution in [0.3, 0.4) is 0 Å². The van der Waals surface area contributed by atoms with Crippen LogP contribution in [-0.4, -0.2) is 38.4 Å². The minimum atomic E-state index is -3.81. The molecule has 1 aromatic carbocycles. The maximum absolute atomic E-state index is 13.1. The summed E-state index contributed by atoms with van der Waals surface area (Å²) >= 11 is 11.7. The SMILES string of the molecule is C[C@@H]1CN(S(=O)(=O)c2c(Cl)cc(F)cc2Cl)CCN1.Cl. The van der Waals surface area contributed by atoms with Crippen LogP contribution in [0.2, 0.25) is 10.0 Å². The van der Waals surface area contributed by atoms with E-state index in [9.17, 15) is 12.8 Å². The topological polar surface area (TPSA) is 49.4 Å². The van der Waals surface area contributed by atoms with Gasteiger partial charge in [-0.2, -0.15) is 4.31 Å². The summed E-state index contributed by atoms with van der Waals surface area (Å²) in [4.78, 5) is -0.230. The number of nitrogens with one attached hydrogen (secondary N) is 1. The van der Waals surface area contributed by atoms with Gasteiger partial charge in [0.2, 0.25) is 10.0 Å². The van der Waals surface area contributed by atoms with Gasteiger partial charge in [0.05, 0.1) is 10.0 Å². The summed E-state index contributed by atoms with van der Waals surface area (Å²) < 4.78 is 39.4. The molecule has 20 heavy (non-hydrogen) atoms. The fourth-order valence-corrected chi connectivity index (χ4v) is 4.69. The first kappa shape index (κ1) is 17.9. The molecule has 114 valence electrons. The Labute approximate surface area is 133 Å². The molecule has 0 saturated carbocycles. The number of benzene rings is 1. The molecule has 1 fully saturated rings. The standard InChI is InChI=1S/C11H13Cl2FN2O2S.ClH/c1-7-6-16(3-2-15-7)19(17,18)11-9(12)4-8(14)5-10(11)13;/h4-5,7,15H,2-3,6H2,1H3;1H/t7-;/m1./s1. The maximum Gasteiger partial charge on any atom is 0.246 e. The van der Waals surface area contributed by atoms with Crippen molar-refractivity contribution in [2.45, 2.75) is 17.9 Å². The lowest BCUT2D eigenvalue weighted by molar-refractivity contribution is 0.310. The third kappa shape index (κ3) is 3.55. The summed E-state index contributed by atoms with van der Waals surface area (Å²) in [6.45, 7) is 3.09. The molecule has 0 aromatic heterocycles. The molecule has 0 amide bonds. The predicted molar refractivity (Wildman–Crippen MR) is 79.9 cm³/mol. The Balaban J connectivity index is 0.00000200. The molecule has 0 spiro atoms. The van der Waals surface area contributed by atoms with E-state index in [0.717, 1.165) is 12.1 Å². The van der Waals surface area contributed by atoms with Crippen molar-refractivity contribution < 1.29 is 12.8 Å². The van der Waals surface area contributed by atoms with E-state index >= 15 is 0 Å². The molecular formula is C11H14Cl3FN2O2S. The average Bonchev–Trinajstić information content (AvgIpc) is 2.26. The smallest absolute Gasteiger partial charge is 0.246 e. The van der Waals surface area contributed by atoms with Crippen molar-refractivity contribution in [1.82, 2.24) is 9.62 Å². The monoisotopic (exact) mass is 362 g/mol. The van der Waals surface area contributed by atoms with Gasteiger partial charge in [-0.05, 0) is 19.1 Å². The van der Waals surface area contributed by atoms with Crippen molar-refractivity contribution in [3.8, 4) is 0 Å². The minimum absolute atomic E-state index is 0. The van der Waals surface area contributed by atoms with E-state index in [0.29, 0.717) is 19.6 Å². The van der Waals surface area contributed by atoms with Crippen LogP contribution in [0, 0.1) is 5.82 Å². The molecule has 1 heterocycles.